The molecule has 48 valence electrons. The Kier molecular flexibility index (Phi) is 1.41. The third kappa shape index (κ3) is 1.29. The van der Waals surface area contributed by atoms with E-state index in [0.717, 1.165) is 5.75 Å². The van der Waals surface area contributed by atoms with Crippen molar-refractivity contribution in [1.82, 2.24) is 0 Å². The average molecular weight is 133 g/mol. The third-order valence-electron chi connectivity index (χ3n) is 0.968. The van der Waals surface area contributed by atoms with Crippen LogP contribution in [0.25, 0.3) is 0 Å². The van der Waals surface area contributed by atoms with Crippen LogP contribution in [-0.4, -0.2) is 17.6 Å². The highest BCUT2D eigenvalue weighted by atomic mass is 32.2. The summed E-state index contributed by atoms with van der Waals surface area (Å²) in [4.78, 5) is 5.09. The second-order valence-corrected chi connectivity index (χ2v) is 4.31. The molecule has 8 heavy (non-hydrogen) atoms. The van der Waals surface area contributed by atoms with Gasteiger partial charge in [0.15, 0.2) is 0 Å². The standard InChI is InChI=1S/C5H11NOS/c1-5(2)4-8(3)6-7-5/h4H2,1-3H3. The van der Waals surface area contributed by atoms with Gasteiger partial charge in [-0.15, -0.1) is 4.53 Å². The van der Waals surface area contributed by atoms with Gasteiger partial charge >= 0.3 is 0 Å². The first-order valence-corrected chi connectivity index (χ1v) is 4.38. The molecule has 1 unspecified atom stereocenters. The van der Waals surface area contributed by atoms with Crippen LogP contribution in [0.3, 0.4) is 0 Å². The molecule has 1 atom stereocenters. The summed E-state index contributed by atoms with van der Waals surface area (Å²) in [5, 5.41) is 0. The van der Waals surface area contributed by atoms with E-state index in [9.17, 15) is 0 Å². The molecule has 0 aromatic rings. The van der Waals surface area contributed by atoms with Gasteiger partial charge in [-0.3, -0.25) is 0 Å². The van der Waals surface area contributed by atoms with Gasteiger partial charge < -0.3 is 0 Å². The van der Waals surface area contributed by atoms with Crippen molar-refractivity contribution >= 4 is 10.7 Å². The van der Waals surface area contributed by atoms with Crippen LogP contribution in [-0.2, 0) is 15.5 Å². The molecule has 1 heterocycles. The molecule has 0 saturated carbocycles. The molecule has 1 aliphatic rings. The Morgan fingerprint density at radius 1 is 1.62 bits per heavy atom. The maximum absolute atomic E-state index is 5.09. The van der Waals surface area contributed by atoms with E-state index in [0.29, 0.717) is 0 Å². The lowest BCUT2D eigenvalue weighted by atomic mass is 10.2. The van der Waals surface area contributed by atoms with Gasteiger partial charge in [0.1, 0.15) is 5.60 Å². The fraction of sp³-hybridized carbons (Fsp3) is 1.00. The summed E-state index contributed by atoms with van der Waals surface area (Å²) in [5.74, 6) is 1.08. The van der Waals surface area contributed by atoms with E-state index in [1.807, 2.05) is 0 Å². The molecular weight excluding hydrogens is 122 g/mol. The summed E-state index contributed by atoms with van der Waals surface area (Å²) in [6.07, 6.45) is 2.09. The predicted molar refractivity (Wildman–Crippen MR) is 35.7 cm³/mol. The lowest BCUT2D eigenvalue weighted by Crippen LogP contribution is -2.22. The van der Waals surface area contributed by atoms with Crippen molar-refractivity contribution in [3.05, 3.63) is 0 Å². The Bertz CT molecular complexity index is 130. The van der Waals surface area contributed by atoms with Crippen LogP contribution in [0.2, 0.25) is 0 Å². The minimum absolute atomic E-state index is 0.0118. The first-order chi connectivity index (χ1) is 3.60. The molecule has 0 fully saturated rings. The van der Waals surface area contributed by atoms with E-state index in [1.165, 1.54) is 0 Å². The number of hydrogen-bond acceptors (Lipinski definition) is 2. The van der Waals surface area contributed by atoms with Gasteiger partial charge in [-0.2, -0.15) is 0 Å². The van der Waals surface area contributed by atoms with Gasteiger partial charge in [0.25, 0.3) is 0 Å². The molecular formula is C5H11NOS. The van der Waals surface area contributed by atoms with Crippen LogP contribution in [0.15, 0.2) is 4.53 Å². The average Bonchev–Trinajstić information content (AvgIpc) is 1.82. The van der Waals surface area contributed by atoms with Gasteiger partial charge in [0, 0.05) is 5.75 Å². The van der Waals surface area contributed by atoms with Crippen molar-refractivity contribution in [2.24, 2.45) is 4.53 Å². The van der Waals surface area contributed by atoms with Crippen LogP contribution < -0.4 is 0 Å². The van der Waals surface area contributed by atoms with Gasteiger partial charge in [0.2, 0.25) is 0 Å². The van der Waals surface area contributed by atoms with E-state index in [1.54, 1.807) is 0 Å². The highest BCUT2D eigenvalue weighted by Crippen LogP contribution is 2.17. The summed E-state index contributed by atoms with van der Waals surface area (Å²) in [7, 11) is 0.160. The van der Waals surface area contributed by atoms with Crippen molar-refractivity contribution in [3.8, 4) is 0 Å². The molecule has 0 radical (unpaired) electrons. The second-order valence-electron chi connectivity index (χ2n) is 2.67. The zero-order chi connectivity index (χ0) is 6.20. The Labute approximate surface area is 52.3 Å². The normalized spacial score (nSPS) is 34.6. The Morgan fingerprint density at radius 2 is 2.25 bits per heavy atom. The number of rotatable bonds is 0. The minimum Gasteiger partial charge on any atom is -0.239 e. The van der Waals surface area contributed by atoms with Crippen molar-refractivity contribution in [3.63, 3.8) is 0 Å². The molecule has 1 rings (SSSR count). The second kappa shape index (κ2) is 1.81. The lowest BCUT2D eigenvalue weighted by Gasteiger charge is -2.11. The molecule has 0 aromatic carbocycles. The monoisotopic (exact) mass is 133 g/mol. The quantitative estimate of drug-likeness (QED) is 0.485. The summed E-state index contributed by atoms with van der Waals surface area (Å²) in [5.41, 5.74) is 0.0118. The molecule has 0 bridgehead atoms. The van der Waals surface area contributed by atoms with Gasteiger partial charge in [-0.05, 0) is 20.1 Å². The summed E-state index contributed by atoms with van der Waals surface area (Å²) in [6, 6.07) is 0. The maximum atomic E-state index is 5.09. The first kappa shape index (κ1) is 6.23. The van der Waals surface area contributed by atoms with E-state index >= 15 is 0 Å². The molecule has 3 heteroatoms. The third-order valence-corrected chi connectivity index (χ3v) is 2.41. The summed E-state index contributed by atoms with van der Waals surface area (Å²) < 4.78 is 3.92. The topological polar surface area (TPSA) is 21.6 Å². The van der Waals surface area contributed by atoms with E-state index in [2.05, 4.69) is 24.6 Å². The van der Waals surface area contributed by atoms with Crippen LogP contribution in [0.5, 0.6) is 0 Å². The molecule has 0 N–H and O–H groups in total. The van der Waals surface area contributed by atoms with Gasteiger partial charge in [-0.1, -0.05) is 10.7 Å². The maximum Gasteiger partial charge on any atom is 0.104 e. The van der Waals surface area contributed by atoms with Crippen LogP contribution >= 0.6 is 0 Å². The zero-order valence-electron chi connectivity index (χ0n) is 5.47. The fourth-order valence-electron chi connectivity index (χ4n) is 0.720. The van der Waals surface area contributed by atoms with Gasteiger partial charge in [-0.25, -0.2) is 4.84 Å². The van der Waals surface area contributed by atoms with Crippen LogP contribution in [0, 0.1) is 0 Å². The van der Waals surface area contributed by atoms with Crippen LogP contribution in [0.1, 0.15) is 13.8 Å². The minimum atomic E-state index is 0.0118. The lowest BCUT2D eigenvalue weighted by molar-refractivity contribution is 0.0209. The molecule has 1 aliphatic heterocycles. The number of hydrogen-bond donors (Lipinski definition) is 0. The van der Waals surface area contributed by atoms with Crippen molar-refractivity contribution in [2.45, 2.75) is 19.4 Å². The SMILES string of the molecule is CS1=NOC(C)(C)C1. The van der Waals surface area contributed by atoms with Gasteiger partial charge in [0.05, 0.1) is 0 Å². The smallest absolute Gasteiger partial charge is 0.104 e. The van der Waals surface area contributed by atoms with E-state index in [4.69, 9.17) is 4.84 Å². The van der Waals surface area contributed by atoms with Crippen molar-refractivity contribution in [1.29, 1.82) is 0 Å². The Morgan fingerprint density at radius 3 is 2.38 bits per heavy atom. The zero-order valence-corrected chi connectivity index (χ0v) is 6.29. The molecule has 2 nitrogen and oxygen atoms in total. The Balaban J connectivity index is 2.55. The molecule has 0 saturated heterocycles. The molecule has 0 aliphatic carbocycles. The van der Waals surface area contributed by atoms with Crippen molar-refractivity contribution < 1.29 is 4.84 Å². The number of nitrogens with zero attached hydrogens (tertiary/aromatic N) is 1. The largest absolute Gasteiger partial charge is 0.239 e. The molecule has 0 spiro atoms. The molecule has 0 aromatic heterocycles. The highest BCUT2D eigenvalue weighted by Gasteiger charge is 2.24. The predicted octanol–water partition coefficient (Wildman–Crippen LogP) is 1.14. The first-order valence-electron chi connectivity index (χ1n) is 2.62. The van der Waals surface area contributed by atoms with Crippen molar-refractivity contribution in [2.75, 3.05) is 12.0 Å². The molecule has 0 amide bonds. The summed E-state index contributed by atoms with van der Waals surface area (Å²) >= 11 is 0. The van der Waals surface area contributed by atoms with Crippen LogP contribution in [0.4, 0.5) is 0 Å². The van der Waals surface area contributed by atoms with E-state index < -0.39 is 0 Å². The summed E-state index contributed by atoms with van der Waals surface area (Å²) in [6.45, 7) is 4.12. The highest BCUT2D eigenvalue weighted by molar-refractivity contribution is 7.86. The Hall–Kier alpha value is 0.110. The fourth-order valence-corrected chi connectivity index (χ4v) is 2.16. The van der Waals surface area contributed by atoms with E-state index in [-0.39, 0.29) is 16.3 Å².